The van der Waals surface area contributed by atoms with E-state index in [1.165, 1.54) is 12.1 Å². The molecule has 3 aromatic rings. The van der Waals surface area contributed by atoms with Crippen molar-refractivity contribution in [3.8, 4) is 11.1 Å². The zero-order valence-electron chi connectivity index (χ0n) is 16.3. The van der Waals surface area contributed by atoms with Gasteiger partial charge in [0.1, 0.15) is 5.82 Å². The smallest absolute Gasteiger partial charge is 0.190 e. The van der Waals surface area contributed by atoms with Crippen LogP contribution >= 0.6 is 0 Å². The average Bonchev–Trinajstić information content (AvgIpc) is 2.73. The third-order valence-electron chi connectivity index (χ3n) is 4.95. The van der Waals surface area contributed by atoms with Crippen molar-refractivity contribution >= 4 is 15.5 Å². The normalized spacial score (nSPS) is 12.3. The molecule has 1 aromatic heterocycles. The van der Waals surface area contributed by atoms with Gasteiger partial charge in [0, 0.05) is 29.6 Å². The fraction of sp³-hybridized carbons (Fsp3) is 0.217. The van der Waals surface area contributed by atoms with Gasteiger partial charge in [0.05, 0.1) is 12.3 Å². The number of aryl methyl sites for hydroxylation is 1. The molecular formula is C23H21FN2O2S. The average molecular weight is 408 g/mol. The van der Waals surface area contributed by atoms with E-state index in [-0.39, 0.29) is 17.3 Å². The van der Waals surface area contributed by atoms with Gasteiger partial charge in [-0.25, -0.2) is 17.7 Å². The first-order valence-electron chi connectivity index (χ1n) is 9.22. The first-order valence-corrected chi connectivity index (χ1v) is 11.0. The Morgan fingerprint density at radius 3 is 2.38 bits per heavy atom. The van der Waals surface area contributed by atoms with E-state index in [0.29, 0.717) is 5.69 Å². The standard InChI is InChI=1S/C23H21FN2O2S/c1-4-29(27,28)15-22(17-5-8-21(24)9-6-17)20-12-19(13-26-14-20)18-7-10-23(25-3)16(2)11-18/h5-14,22H,4,15H2,1-2H3. The first-order chi connectivity index (χ1) is 13.8. The van der Waals surface area contributed by atoms with E-state index in [2.05, 4.69) is 9.83 Å². The van der Waals surface area contributed by atoms with E-state index in [4.69, 9.17) is 6.57 Å². The minimum Gasteiger partial charge on any atom is -0.264 e. The number of hydrogen-bond donors (Lipinski definition) is 0. The van der Waals surface area contributed by atoms with E-state index in [1.807, 2.05) is 25.1 Å². The fourth-order valence-electron chi connectivity index (χ4n) is 3.22. The Hall–Kier alpha value is -3.04. The van der Waals surface area contributed by atoms with Crippen molar-refractivity contribution in [1.29, 1.82) is 0 Å². The Bertz CT molecular complexity index is 1170. The highest BCUT2D eigenvalue weighted by Crippen LogP contribution is 2.31. The summed E-state index contributed by atoms with van der Waals surface area (Å²) in [5.74, 6) is -0.852. The maximum Gasteiger partial charge on any atom is 0.190 e. The van der Waals surface area contributed by atoms with Crippen LogP contribution in [0.5, 0.6) is 0 Å². The summed E-state index contributed by atoms with van der Waals surface area (Å²) in [6, 6.07) is 13.4. The summed E-state index contributed by atoms with van der Waals surface area (Å²) in [6.45, 7) is 10.7. The lowest BCUT2D eigenvalue weighted by Crippen LogP contribution is -2.18. The molecule has 2 aromatic carbocycles. The van der Waals surface area contributed by atoms with E-state index in [0.717, 1.165) is 27.8 Å². The van der Waals surface area contributed by atoms with Crippen LogP contribution in [-0.4, -0.2) is 24.9 Å². The van der Waals surface area contributed by atoms with Crippen molar-refractivity contribution in [1.82, 2.24) is 4.98 Å². The maximum absolute atomic E-state index is 13.4. The van der Waals surface area contributed by atoms with Gasteiger partial charge in [-0.2, -0.15) is 0 Å². The van der Waals surface area contributed by atoms with Crippen LogP contribution in [0, 0.1) is 19.3 Å². The molecule has 0 saturated carbocycles. The second-order valence-electron chi connectivity index (χ2n) is 6.92. The molecule has 148 valence electrons. The molecule has 0 saturated heterocycles. The van der Waals surface area contributed by atoms with E-state index >= 15 is 0 Å². The van der Waals surface area contributed by atoms with E-state index in [1.54, 1.807) is 37.5 Å². The molecule has 29 heavy (non-hydrogen) atoms. The second kappa shape index (κ2) is 8.54. The van der Waals surface area contributed by atoms with Crippen LogP contribution in [0.4, 0.5) is 10.1 Å². The molecule has 0 radical (unpaired) electrons. The van der Waals surface area contributed by atoms with Crippen molar-refractivity contribution in [2.24, 2.45) is 0 Å². The highest BCUT2D eigenvalue weighted by atomic mass is 32.2. The van der Waals surface area contributed by atoms with Gasteiger partial charge in [-0.3, -0.25) is 4.98 Å². The van der Waals surface area contributed by atoms with E-state index in [9.17, 15) is 12.8 Å². The van der Waals surface area contributed by atoms with Crippen LogP contribution < -0.4 is 0 Å². The number of halogens is 1. The molecule has 0 aliphatic carbocycles. The largest absolute Gasteiger partial charge is 0.264 e. The molecule has 0 fully saturated rings. The lowest BCUT2D eigenvalue weighted by molar-refractivity contribution is 0.593. The van der Waals surface area contributed by atoms with Gasteiger partial charge < -0.3 is 0 Å². The lowest BCUT2D eigenvalue weighted by Gasteiger charge is -2.18. The molecule has 0 amide bonds. The highest BCUT2D eigenvalue weighted by Gasteiger charge is 2.22. The quantitative estimate of drug-likeness (QED) is 0.519. The van der Waals surface area contributed by atoms with Gasteiger partial charge in [0.2, 0.25) is 0 Å². The number of hydrogen-bond acceptors (Lipinski definition) is 3. The Balaban J connectivity index is 2.07. The van der Waals surface area contributed by atoms with E-state index < -0.39 is 15.8 Å². The van der Waals surface area contributed by atoms with Crippen LogP contribution in [0.15, 0.2) is 60.9 Å². The summed E-state index contributed by atoms with van der Waals surface area (Å²) in [6.07, 6.45) is 3.37. The Labute approximate surface area is 170 Å². The van der Waals surface area contributed by atoms with Gasteiger partial charge in [-0.15, -0.1) is 0 Å². The van der Waals surface area contributed by atoms with Crippen molar-refractivity contribution < 1.29 is 12.8 Å². The molecule has 0 spiro atoms. The number of pyridine rings is 1. The summed E-state index contributed by atoms with van der Waals surface area (Å²) >= 11 is 0. The minimum atomic E-state index is -3.27. The number of rotatable bonds is 6. The number of sulfone groups is 1. The molecule has 0 aliphatic rings. The lowest BCUT2D eigenvalue weighted by atomic mass is 9.92. The molecule has 0 bridgehead atoms. The molecular weight excluding hydrogens is 387 g/mol. The van der Waals surface area contributed by atoms with Crippen LogP contribution in [0.3, 0.4) is 0 Å². The van der Waals surface area contributed by atoms with Crippen LogP contribution in [0.2, 0.25) is 0 Å². The van der Waals surface area contributed by atoms with Crippen molar-refractivity contribution in [3.63, 3.8) is 0 Å². The number of nitrogens with zero attached hydrogens (tertiary/aromatic N) is 2. The summed E-state index contributed by atoms with van der Waals surface area (Å²) in [5, 5.41) is 0. The molecule has 1 atom stereocenters. The third-order valence-corrected chi connectivity index (χ3v) is 6.67. The molecule has 1 heterocycles. The van der Waals surface area contributed by atoms with Crippen molar-refractivity contribution in [2.45, 2.75) is 19.8 Å². The Kier molecular flexibility index (Phi) is 6.09. The predicted octanol–water partition coefficient (Wildman–Crippen LogP) is 5.31. The molecule has 4 nitrogen and oxygen atoms in total. The Morgan fingerprint density at radius 2 is 1.76 bits per heavy atom. The van der Waals surface area contributed by atoms with Gasteiger partial charge in [-0.05, 0) is 47.4 Å². The summed E-state index contributed by atoms with van der Waals surface area (Å²) in [4.78, 5) is 7.81. The third kappa shape index (κ3) is 4.87. The summed E-state index contributed by atoms with van der Waals surface area (Å²) in [5.41, 5.74) is 4.67. The number of aromatic nitrogens is 1. The summed E-state index contributed by atoms with van der Waals surface area (Å²) < 4.78 is 38.1. The van der Waals surface area contributed by atoms with Gasteiger partial charge in [0.15, 0.2) is 15.5 Å². The molecule has 0 N–H and O–H groups in total. The van der Waals surface area contributed by atoms with Crippen molar-refractivity contribution in [3.05, 3.63) is 94.8 Å². The molecule has 1 unspecified atom stereocenters. The second-order valence-corrected chi connectivity index (χ2v) is 9.32. The van der Waals surface area contributed by atoms with Crippen LogP contribution in [0.25, 0.3) is 16.0 Å². The maximum atomic E-state index is 13.4. The van der Waals surface area contributed by atoms with Gasteiger partial charge >= 0.3 is 0 Å². The summed E-state index contributed by atoms with van der Waals surface area (Å²) in [7, 11) is -3.27. The van der Waals surface area contributed by atoms with Gasteiger partial charge in [-0.1, -0.05) is 37.3 Å². The number of benzene rings is 2. The molecule has 0 aliphatic heterocycles. The monoisotopic (exact) mass is 408 g/mol. The Morgan fingerprint density at radius 1 is 1.03 bits per heavy atom. The topological polar surface area (TPSA) is 51.4 Å². The molecule has 3 rings (SSSR count). The fourth-order valence-corrected chi connectivity index (χ4v) is 4.35. The SMILES string of the molecule is [C-]#[N+]c1ccc(-c2cncc(C(CS(=O)(=O)CC)c3ccc(F)cc3)c2)cc1C. The van der Waals surface area contributed by atoms with Crippen LogP contribution in [-0.2, 0) is 9.84 Å². The first kappa shape index (κ1) is 20.7. The zero-order chi connectivity index (χ0) is 21.0. The highest BCUT2D eigenvalue weighted by molar-refractivity contribution is 7.91. The van der Waals surface area contributed by atoms with Crippen LogP contribution in [0.1, 0.15) is 29.5 Å². The van der Waals surface area contributed by atoms with Crippen molar-refractivity contribution in [2.75, 3.05) is 11.5 Å². The minimum absolute atomic E-state index is 0.0368. The molecule has 6 heteroatoms. The predicted molar refractivity (Wildman–Crippen MR) is 113 cm³/mol. The zero-order valence-corrected chi connectivity index (χ0v) is 17.1. The van der Waals surface area contributed by atoms with Gasteiger partial charge in [0.25, 0.3) is 0 Å².